The summed E-state index contributed by atoms with van der Waals surface area (Å²) in [6.07, 6.45) is 2.82. The summed E-state index contributed by atoms with van der Waals surface area (Å²) < 4.78 is 58.3. The van der Waals surface area contributed by atoms with Crippen molar-refractivity contribution in [2.75, 3.05) is 18.8 Å². The van der Waals surface area contributed by atoms with Crippen LogP contribution in [0.2, 0.25) is 0 Å². The molecular weight excluding hydrogens is 437 g/mol. The third kappa shape index (κ3) is 6.96. The Hall–Kier alpha value is -2.60. The number of fused-ring (bicyclic) bond motifs is 1. The molecule has 0 radical (unpaired) electrons. The topological polar surface area (TPSA) is 113 Å². The third-order valence-corrected chi connectivity index (χ3v) is 6.53. The molecule has 3 rings (SSSR count). The molecule has 8 nitrogen and oxygen atoms in total. The van der Waals surface area contributed by atoms with Crippen LogP contribution in [0.3, 0.4) is 0 Å². The van der Waals surface area contributed by atoms with Crippen molar-refractivity contribution >= 4 is 16.0 Å². The second-order valence-electron chi connectivity index (χ2n) is 6.76. The first-order chi connectivity index (χ1) is 14.6. The Morgan fingerprint density at radius 1 is 1.23 bits per heavy atom. The summed E-state index contributed by atoms with van der Waals surface area (Å²) in [5, 5.41) is 7.12. The maximum absolute atomic E-state index is 12.5. The second-order valence-corrected chi connectivity index (χ2v) is 8.85. The maximum Gasteiger partial charge on any atom is 0.490 e. The van der Waals surface area contributed by atoms with E-state index in [0.29, 0.717) is 32.4 Å². The molecule has 0 spiro atoms. The van der Waals surface area contributed by atoms with Crippen LogP contribution in [-0.2, 0) is 27.7 Å². The van der Waals surface area contributed by atoms with Crippen molar-refractivity contribution in [3.8, 4) is 11.3 Å². The van der Waals surface area contributed by atoms with Crippen LogP contribution in [0.1, 0.15) is 31.0 Å². The van der Waals surface area contributed by atoms with E-state index in [2.05, 4.69) is 15.0 Å². The van der Waals surface area contributed by atoms with E-state index in [4.69, 9.17) is 9.90 Å². The van der Waals surface area contributed by atoms with Crippen LogP contribution >= 0.6 is 0 Å². The Labute approximate surface area is 178 Å². The van der Waals surface area contributed by atoms with E-state index in [1.54, 1.807) is 23.0 Å². The zero-order chi connectivity index (χ0) is 23.1. The number of halogens is 3. The van der Waals surface area contributed by atoms with Gasteiger partial charge in [0.2, 0.25) is 10.0 Å². The van der Waals surface area contributed by atoms with Gasteiger partial charge in [0.1, 0.15) is 6.33 Å². The molecule has 2 aromatic rings. The van der Waals surface area contributed by atoms with Gasteiger partial charge in [-0.3, -0.25) is 4.98 Å². The monoisotopic (exact) mass is 460 g/mol. The number of carboxylic acid groups (broad SMARTS) is 1. The Balaban J connectivity index is 0.000000423. The summed E-state index contributed by atoms with van der Waals surface area (Å²) in [7, 11) is -3.19. The minimum absolute atomic E-state index is 0.223. The highest BCUT2D eigenvalue weighted by atomic mass is 32.2. The first-order valence-electron chi connectivity index (χ1n) is 9.57. The molecule has 0 saturated carbocycles. The van der Waals surface area contributed by atoms with Crippen LogP contribution in [0.4, 0.5) is 13.2 Å². The fourth-order valence-corrected chi connectivity index (χ4v) is 4.64. The number of hydrogen-bond acceptors (Lipinski definition) is 6. The maximum atomic E-state index is 12.5. The van der Waals surface area contributed by atoms with Gasteiger partial charge in [0.05, 0.1) is 11.4 Å². The van der Waals surface area contributed by atoms with Gasteiger partial charge in [-0.05, 0) is 25.0 Å². The lowest BCUT2D eigenvalue weighted by Gasteiger charge is -2.19. The van der Waals surface area contributed by atoms with Crippen LogP contribution < -0.4 is 0 Å². The molecule has 3 heterocycles. The molecular formula is C19H23F3N4O4S. The molecule has 12 heteroatoms. The number of aliphatic carboxylic acids is 1. The lowest BCUT2D eigenvalue weighted by Crippen LogP contribution is -2.35. The number of pyridine rings is 1. The molecule has 2 aromatic heterocycles. The molecule has 1 aliphatic rings. The normalized spacial score (nSPS) is 14.7. The Bertz CT molecular complexity index is 985. The fourth-order valence-electron chi connectivity index (χ4n) is 2.99. The Kier molecular flexibility index (Phi) is 8.45. The van der Waals surface area contributed by atoms with Gasteiger partial charge in [-0.15, -0.1) is 0 Å². The number of carbonyl (C=O) groups is 1. The van der Waals surface area contributed by atoms with Crippen molar-refractivity contribution in [2.24, 2.45) is 0 Å². The first kappa shape index (κ1) is 24.7. The zero-order valence-corrected chi connectivity index (χ0v) is 17.7. The molecule has 0 bridgehead atoms. The van der Waals surface area contributed by atoms with Crippen LogP contribution in [0.25, 0.3) is 11.3 Å². The van der Waals surface area contributed by atoms with E-state index in [0.717, 1.165) is 28.9 Å². The van der Waals surface area contributed by atoms with Gasteiger partial charge in [0.25, 0.3) is 0 Å². The summed E-state index contributed by atoms with van der Waals surface area (Å²) in [4.78, 5) is 21.9. The van der Waals surface area contributed by atoms with E-state index in [9.17, 15) is 21.6 Å². The highest BCUT2D eigenvalue weighted by Gasteiger charge is 2.38. The van der Waals surface area contributed by atoms with E-state index < -0.39 is 22.2 Å². The molecule has 0 atom stereocenters. The first-order valence-corrected chi connectivity index (χ1v) is 11.2. The minimum atomic E-state index is -5.08. The predicted octanol–water partition coefficient (Wildman–Crippen LogP) is 2.70. The number of hydrogen-bond donors (Lipinski definition) is 1. The number of nitrogens with zero attached hydrogens (tertiary/aromatic N) is 4. The number of aromatic nitrogens is 3. The van der Waals surface area contributed by atoms with Gasteiger partial charge in [0.15, 0.2) is 0 Å². The summed E-state index contributed by atoms with van der Waals surface area (Å²) >= 11 is 0. The van der Waals surface area contributed by atoms with E-state index in [-0.39, 0.29) is 5.75 Å². The van der Waals surface area contributed by atoms with Crippen LogP contribution in [0, 0.1) is 0 Å². The van der Waals surface area contributed by atoms with E-state index in [1.807, 2.05) is 19.1 Å². The summed E-state index contributed by atoms with van der Waals surface area (Å²) in [6, 6.07) is 3.85. The molecule has 0 aromatic carbocycles. The van der Waals surface area contributed by atoms with Gasteiger partial charge in [-0.25, -0.2) is 27.5 Å². The molecule has 1 aliphatic heterocycles. The standard InChI is InChI=1S/C17H22N4O2S.C2HF3O2/c1-2-3-11-24(22,23)21-9-6-15-16(7-10-21)19-13-20-17(15)14-5-4-8-18-12-14;3-2(4,5)1(6)7/h4-5,8,12-13H,2-3,6-7,9-11H2,1H3;(H,6,7). The lowest BCUT2D eigenvalue weighted by molar-refractivity contribution is -0.192. The molecule has 1 N–H and O–H groups in total. The SMILES string of the molecule is CCCCS(=O)(=O)N1CCc2ncnc(-c3cccnc3)c2CC1.O=C(O)C(F)(F)F. The van der Waals surface area contributed by atoms with Gasteiger partial charge in [-0.1, -0.05) is 13.3 Å². The van der Waals surface area contributed by atoms with Crippen LogP contribution in [0.15, 0.2) is 30.9 Å². The summed E-state index contributed by atoms with van der Waals surface area (Å²) in [5.41, 5.74) is 3.79. The van der Waals surface area contributed by atoms with Gasteiger partial charge in [0, 0.05) is 48.7 Å². The van der Waals surface area contributed by atoms with Crippen molar-refractivity contribution in [3.63, 3.8) is 0 Å². The average molecular weight is 460 g/mol. The number of sulfonamides is 1. The van der Waals surface area contributed by atoms with Gasteiger partial charge >= 0.3 is 12.1 Å². The predicted molar refractivity (Wildman–Crippen MR) is 107 cm³/mol. The van der Waals surface area contributed by atoms with Crippen molar-refractivity contribution in [1.82, 2.24) is 19.3 Å². The van der Waals surface area contributed by atoms with Crippen LogP contribution in [0.5, 0.6) is 0 Å². The highest BCUT2D eigenvalue weighted by Crippen LogP contribution is 2.26. The lowest BCUT2D eigenvalue weighted by atomic mass is 10.0. The average Bonchev–Trinajstić information content (AvgIpc) is 2.96. The van der Waals surface area contributed by atoms with Crippen LogP contribution in [-0.4, -0.2) is 63.8 Å². The Morgan fingerprint density at radius 3 is 2.48 bits per heavy atom. The minimum Gasteiger partial charge on any atom is -0.475 e. The quantitative estimate of drug-likeness (QED) is 0.730. The number of rotatable bonds is 5. The van der Waals surface area contributed by atoms with E-state index >= 15 is 0 Å². The molecule has 0 unspecified atom stereocenters. The van der Waals surface area contributed by atoms with Crippen molar-refractivity contribution in [2.45, 2.75) is 38.8 Å². The smallest absolute Gasteiger partial charge is 0.475 e. The zero-order valence-electron chi connectivity index (χ0n) is 16.8. The number of alkyl halides is 3. The molecule has 0 amide bonds. The molecule has 31 heavy (non-hydrogen) atoms. The second kappa shape index (κ2) is 10.6. The van der Waals surface area contributed by atoms with Crippen molar-refractivity contribution in [3.05, 3.63) is 42.1 Å². The summed E-state index contributed by atoms with van der Waals surface area (Å²) in [6.45, 7) is 2.98. The van der Waals surface area contributed by atoms with Gasteiger partial charge in [-0.2, -0.15) is 13.2 Å². The number of unbranched alkanes of at least 4 members (excludes halogenated alkanes) is 1. The highest BCUT2D eigenvalue weighted by molar-refractivity contribution is 7.89. The largest absolute Gasteiger partial charge is 0.490 e. The molecule has 170 valence electrons. The fraction of sp³-hybridized carbons (Fsp3) is 0.474. The molecule has 0 saturated heterocycles. The van der Waals surface area contributed by atoms with Gasteiger partial charge < -0.3 is 5.11 Å². The third-order valence-electron chi connectivity index (χ3n) is 4.57. The van der Waals surface area contributed by atoms with Crippen molar-refractivity contribution in [1.29, 1.82) is 0 Å². The summed E-state index contributed by atoms with van der Waals surface area (Å²) in [5.74, 6) is -2.53. The molecule has 0 aliphatic carbocycles. The van der Waals surface area contributed by atoms with E-state index in [1.165, 1.54) is 0 Å². The number of carboxylic acids is 1. The Morgan fingerprint density at radius 2 is 1.90 bits per heavy atom. The van der Waals surface area contributed by atoms with Crippen molar-refractivity contribution < 1.29 is 31.5 Å². The molecule has 0 fully saturated rings.